The van der Waals surface area contributed by atoms with Crippen LogP contribution in [-0.4, -0.2) is 5.91 Å². The van der Waals surface area contributed by atoms with E-state index >= 15 is 0 Å². The summed E-state index contributed by atoms with van der Waals surface area (Å²) < 4.78 is 0. The fourth-order valence-electron chi connectivity index (χ4n) is 1.25. The Balaban J connectivity index is 2.55. The van der Waals surface area contributed by atoms with Crippen molar-refractivity contribution in [2.75, 3.05) is 11.1 Å². The standard InChI is InChI=1S/C12H18N2O/c1-12(2,3)8-11(15)14-10-6-4-9(13)5-7-10/h4-7H,8,13H2,1-3H3,(H,14,15). The minimum Gasteiger partial charge on any atom is -0.399 e. The summed E-state index contributed by atoms with van der Waals surface area (Å²) in [4.78, 5) is 11.6. The number of nitrogens with two attached hydrogens (primary N) is 1. The molecule has 0 spiro atoms. The van der Waals surface area contributed by atoms with Crippen LogP contribution in [0.1, 0.15) is 27.2 Å². The van der Waals surface area contributed by atoms with E-state index in [1.807, 2.05) is 20.8 Å². The van der Waals surface area contributed by atoms with Gasteiger partial charge < -0.3 is 11.1 Å². The molecule has 0 radical (unpaired) electrons. The molecule has 3 N–H and O–H groups in total. The number of carbonyl (C=O) groups excluding carboxylic acids is 1. The first-order chi connectivity index (χ1) is 6.87. The molecule has 15 heavy (non-hydrogen) atoms. The summed E-state index contributed by atoms with van der Waals surface area (Å²) in [6, 6.07) is 7.14. The Labute approximate surface area is 90.7 Å². The van der Waals surface area contributed by atoms with E-state index in [4.69, 9.17) is 5.73 Å². The second-order valence-electron chi connectivity index (χ2n) is 4.91. The van der Waals surface area contributed by atoms with Gasteiger partial charge in [-0.25, -0.2) is 0 Å². The lowest BCUT2D eigenvalue weighted by molar-refractivity contribution is -0.117. The summed E-state index contributed by atoms with van der Waals surface area (Å²) in [6.45, 7) is 6.11. The molecule has 0 fully saturated rings. The molecular formula is C12H18N2O. The van der Waals surface area contributed by atoms with Crippen molar-refractivity contribution in [2.24, 2.45) is 5.41 Å². The predicted octanol–water partition coefficient (Wildman–Crippen LogP) is 2.64. The Morgan fingerprint density at radius 2 is 1.80 bits per heavy atom. The molecule has 0 saturated heterocycles. The van der Waals surface area contributed by atoms with Crippen molar-refractivity contribution < 1.29 is 4.79 Å². The van der Waals surface area contributed by atoms with Crippen LogP contribution in [0.2, 0.25) is 0 Å². The molecule has 0 aliphatic rings. The van der Waals surface area contributed by atoms with Gasteiger partial charge in [0.2, 0.25) is 5.91 Å². The molecular weight excluding hydrogens is 188 g/mol. The molecule has 1 amide bonds. The minimum absolute atomic E-state index is 0.0118. The number of benzene rings is 1. The highest BCUT2D eigenvalue weighted by molar-refractivity contribution is 5.91. The van der Waals surface area contributed by atoms with Crippen LogP contribution in [0.15, 0.2) is 24.3 Å². The molecule has 1 rings (SSSR count). The van der Waals surface area contributed by atoms with E-state index < -0.39 is 0 Å². The topological polar surface area (TPSA) is 55.1 Å². The quantitative estimate of drug-likeness (QED) is 0.731. The van der Waals surface area contributed by atoms with Crippen LogP contribution in [0.4, 0.5) is 11.4 Å². The first-order valence-corrected chi connectivity index (χ1v) is 5.02. The van der Waals surface area contributed by atoms with Crippen LogP contribution in [-0.2, 0) is 4.79 Å². The van der Waals surface area contributed by atoms with E-state index in [1.54, 1.807) is 24.3 Å². The second kappa shape index (κ2) is 4.34. The number of nitrogen functional groups attached to an aromatic ring is 1. The highest BCUT2D eigenvalue weighted by atomic mass is 16.1. The number of amides is 1. The third kappa shape index (κ3) is 4.49. The summed E-state index contributed by atoms with van der Waals surface area (Å²) in [5.74, 6) is 0.0345. The maximum atomic E-state index is 11.6. The van der Waals surface area contributed by atoms with Gasteiger partial charge in [-0.3, -0.25) is 4.79 Å². The lowest BCUT2D eigenvalue weighted by atomic mass is 9.92. The fourth-order valence-corrected chi connectivity index (χ4v) is 1.25. The van der Waals surface area contributed by atoms with Crippen LogP contribution in [0.5, 0.6) is 0 Å². The molecule has 0 saturated carbocycles. The maximum absolute atomic E-state index is 11.6. The highest BCUT2D eigenvalue weighted by Gasteiger charge is 2.15. The van der Waals surface area contributed by atoms with Gasteiger partial charge >= 0.3 is 0 Å². The largest absolute Gasteiger partial charge is 0.399 e. The van der Waals surface area contributed by atoms with Gasteiger partial charge in [-0.1, -0.05) is 20.8 Å². The van der Waals surface area contributed by atoms with Gasteiger partial charge in [0.25, 0.3) is 0 Å². The lowest BCUT2D eigenvalue weighted by Crippen LogP contribution is -2.19. The maximum Gasteiger partial charge on any atom is 0.224 e. The lowest BCUT2D eigenvalue weighted by Gasteiger charge is -2.17. The van der Waals surface area contributed by atoms with Crippen molar-refractivity contribution in [3.8, 4) is 0 Å². The molecule has 0 aromatic heterocycles. The van der Waals surface area contributed by atoms with E-state index in [2.05, 4.69) is 5.32 Å². The van der Waals surface area contributed by atoms with Crippen molar-refractivity contribution in [2.45, 2.75) is 27.2 Å². The fraction of sp³-hybridized carbons (Fsp3) is 0.417. The number of rotatable bonds is 2. The van der Waals surface area contributed by atoms with Crippen LogP contribution in [0, 0.1) is 5.41 Å². The zero-order valence-corrected chi connectivity index (χ0v) is 9.50. The first-order valence-electron chi connectivity index (χ1n) is 5.02. The van der Waals surface area contributed by atoms with Gasteiger partial charge in [-0.15, -0.1) is 0 Å². The van der Waals surface area contributed by atoms with Gasteiger partial charge in [0, 0.05) is 17.8 Å². The van der Waals surface area contributed by atoms with Crippen molar-refractivity contribution >= 4 is 17.3 Å². The number of hydrogen-bond acceptors (Lipinski definition) is 2. The molecule has 3 nitrogen and oxygen atoms in total. The first kappa shape index (κ1) is 11.6. The SMILES string of the molecule is CC(C)(C)CC(=O)Nc1ccc(N)cc1. The van der Waals surface area contributed by atoms with Gasteiger partial charge in [0.1, 0.15) is 0 Å². The summed E-state index contributed by atoms with van der Waals surface area (Å²) in [6.07, 6.45) is 0.511. The van der Waals surface area contributed by atoms with Gasteiger partial charge in [0.05, 0.1) is 0 Å². The van der Waals surface area contributed by atoms with Gasteiger partial charge in [0.15, 0.2) is 0 Å². The Morgan fingerprint density at radius 1 is 1.27 bits per heavy atom. The second-order valence-corrected chi connectivity index (χ2v) is 4.91. The Morgan fingerprint density at radius 3 is 2.27 bits per heavy atom. The average Bonchev–Trinajstić information content (AvgIpc) is 2.05. The van der Waals surface area contributed by atoms with E-state index in [-0.39, 0.29) is 11.3 Å². The molecule has 0 unspecified atom stereocenters. The summed E-state index contributed by atoms with van der Waals surface area (Å²) in [5, 5.41) is 2.83. The van der Waals surface area contributed by atoms with Crippen LogP contribution < -0.4 is 11.1 Å². The molecule has 0 atom stereocenters. The van der Waals surface area contributed by atoms with E-state index in [1.165, 1.54) is 0 Å². The van der Waals surface area contributed by atoms with Crippen LogP contribution >= 0.6 is 0 Å². The van der Waals surface area contributed by atoms with E-state index in [0.29, 0.717) is 12.1 Å². The van der Waals surface area contributed by atoms with Crippen molar-refractivity contribution in [3.05, 3.63) is 24.3 Å². The number of carbonyl (C=O) groups is 1. The van der Waals surface area contributed by atoms with Crippen LogP contribution in [0.3, 0.4) is 0 Å². The zero-order valence-electron chi connectivity index (χ0n) is 9.50. The van der Waals surface area contributed by atoms with E-state index in [9.17, 15) is 4.79 Å². The monoisotopic (exact) mass is 206 g/mol. The third-order valence-electron chi connectivity index (χ3n) is 1.89. The van der Waals surface area contributed by atoms with Crippen molar-refractivity contribution in [1.29, 1.82) is 0 Å². The summed E-state index contributed by atoms with van der Waals surface area (Å²) >= 11 is 0. The Bertz CT molecular complexity index is 336. The van der Waals surface area contributed by atoms with Crippen LogP contribution in [0.25, 0.3) is 0 Å². The molecule has 82 valence electrons. The summed E-state index contributed by atoms with van der Waals surface area (Å²) in [7, 11) is 0. The van der Waals surface area contributed by atoms with Gasteiger partial charge in [-0.05, 0) is 29.7 Å². The van der Waals surface area contributed by atoms with E-state index in [0.717, 1.165) is 5.69 Å². The number of nitrogens with one attached hydrogen (secondary N) is 1. The predicted molar refractivity (Wildman–Crippen MR) is 63.6 cm³/mol. The normalized spacial score (nSPS) is 11.1. The third-order valence-corrected chi connectivity index (χ3v) is 1.89. The zero-order chi connectivity index (χ0) is 11.5. The summed E-state index contributed by atoms with van der Waals surface area (Å²) in [5.41, 5.74) is 7.05. The van der Waals surface area contributed by atoms with Crippen molar-refractivity contribution in [3.63, 3.8) is 0 Å². The molecule has 1 aromatic rings. The van der Waals surface area contributed by atoms with Crippen molar-refractivity contribution in [1.82, 2.24) is 0 Å². The molecule has 0 aliphatic carbocycles. The molecule has 3 heteroatoms. The Kier molecular flexibility index (Phi) is 3.35. The smallest absolute Gasteiger partial charge is 0.224 e. The average molecular weight is 206 g/mol. The molecule has 0 bridgehead atoms. The Hall–Kier alpha value is -1.51. The minimum atomic E-state index is 0.0118. The highest BCUT2D eigenvalue weighted by Crippen LogP contribution is 2.19. The molecule has 0 heterocycles. The number of anilines is 2. The molecule has 1 aromatic carbocycles. The number of hydrogen-bond donors (Lipinski definition) is 2. The van der Waals surface area contributed by atoms with Gasteiger partial charge in [-0.2, -0.15) is 0 Å². The molecule has 0 aliphatic heterocycles.